The highest BCUT2D eigenvalue weighted by Gasteiger charge is 2.67. The van der Waals surface area contributed by atoms with Crippen LogP contribution < -0.4 is 10.2 Å². The van der Waals surface area contributed by atoms with Crippen LogP contribution in [0.1, 0.15) is 16.8 Å². The van der Waals surface area contributed by atoms with Gasteiger partial charge in [0.1, 0.15) is 0 Å². The minimum absolute atomic E-state index is 0.111. The molecule has 6 atom stereocenters. The zero-order chi connectivity index (χ0) is 20.6. The number of halogens is 1. The Morgan fingerprint density at radius 3 is 2.20 bits per heavy atom. The van der Waals surface area contributed by atoms with E-state index in [2.05, 4.69) is 33.4 Å². The summed E-state index contributed by atoms with van der Waals surface area (Å²) in [7, 11) is 0. The van der Waals surface area contributed by atoms with Gasteiger partial charge in [-0.1, -0.05) is 34.1 Å². The van der Waals surface area contributed by atoms with E-state index in [0.29, 0.717) is 28.8 Å². The lowest BCUT2D eigenvalue weighted by molar-refractivity contribution is -0.124. The SMILES string of the molecule is O=C(Nc1ccc(Br)cc1)c1cccc(N2C(=O)[C@@H]3[C@H]4C=C[C@@H]([C@@H]5C[C@@H]45)[C@H]3C2=O)c1. The first-order valence-electron chi connectivity index (χ1n) is 10.3. The number of nitrogens with zero attached hydrogens (tertiary/aromatic N) is 1. The van der Waals surface area contributed by atoms with Crippen molar-refractivity contribution in [3.05, 3.63) is 70.7 Å². The smallest absolute Gasteiger partial charge is 0.255 e. The van der Waals surface area contributed by atoms with Crippen LogP contribution in [0.2, 0.25) is 0 Å². The van der Waals surface area contributed by atoms with Crippen molar-refractivity contribution in [3.8, 4) is 0 Å². The molecule has 2 aromatic carbocycles. The predicted octanol–water partition coefficient (Wildman–Crippen LogP) is 4.26. The van der Waals surface area contributed by atoms with E-state index in [9.17, 15) is 14.4 Å². The van der Waals surface area contributed by atoms with Crippen LogP contribution in [0.15, 0.2) is 65.2 Å². The van der Waals surface area contributed by atoms with Gasteiger partial charge in [0, 0.05) is 15.7 Å². The molecule has 1 saturated heterocycles. The van der Waals surface area contributed by atoms with Gasteiger partial charge in [-0.25, -0.2) is 4.90 Å². The summed E-state index contributed by atoms with van der Waals surface area (Å²) in [6.07, 6.45) is 5.47. The molecule has 6 heteroatoms. The van der Waals surface area contributed by atoms with Crippen molar-refractivity contribution >= 4 is 45.0 Å². The first kappa shape index (κ1) is 18.1. The van der Waals surface area contributed by atoms with Gasteiger partial charge < -0.3 is 5.32 Å². The number of benzene rings is 2. The van der Waals surface area contributed by atoms with E-state index < -0.39 is 0 Å². The number of allylic oxidation sites excluding steroid dienone is 2. The summed E-state index contributed by atoms with van der Waals surface area (Å²) in [4.78, 5) is 40.6. The fourth-order valence-electron chi connectivity index (χ4n) is 5.73. The van der Waals surface area contributed by atoms with E-state index in [0.717, 1.165) is 10.9 Å². The van der Waals surface area contributed by atoms with E-state index in [1.807, 2.05) is 12.1 Å². The van der Waals surface area contributed by atoms with Gasteiger partial charge in [-0.05, 0) is 72.6 Å². The summed E-state index contributed by atoms with van der Waals surface area (Å²) < 4.78 is 0.927. The molecule has 150 valence electrons. The second-order valence-corrected chi connectivity index (χ2v) is 9.59. The van der Waals surface area contributed by atoms with Crippen LogP contribution in [-0.4, -0.2) is 17.7 Å². The number of carbonyl (C=O) groups is 3. The summed E-state index contributed by atoms with van der Waals surface area (Å²) >= 11 is 3.37. The van der Waals surface area contributed by atoms with Crippen LogP contribution in [0.4, 0.5) is 11.4 Å². The van der Waals surface area contributed by atoms with E-state index in [-0.39, 0.29) is 41.4 Å². The third kappa shape index (κ3) is 2.56. The molecular formula is C24H19BrN2O3. The maximum absolute atomic E-state index is 13.3. The van der Waals surface area contributed by atoms with Gasteiger partial charge in [0.15, 0.2) is 0 Å². The number of anilines is 2. The molecule has 1 N–H and O–H groups in total. The number of imide groups is 1. The van der Waals surface area contributed by atoms with Gasteiger partial charge in [-0.2, -0.15) is 0 Å². The molecule has 4 aliphatic carbocycles. The molecule has 3 amide bonds. The Bertz CT molecular complexity index is 1090. The average molecular weight is 463 g/mol. The van der Waals surface area contributed by atoms with Crippen molar-refractivity contribution in [1.82, 2.24) is 0 Å². The normalized spacial score (nSPS) is 32.8. The number of hydrogen-bond acceptors (Lipinski definition) is 3. The summed E-state index contributed by atoms with van der Waals surface area (Å²) in [5.74, 6) is 0.541. The quantitative estimate of drug-likeness (QED) is 0.547. The molecule has 1 aliphatic heterocycles. The molecule has 0 aromatic heterocycles. The first-order valence-corrected chi connectivity index (χ1v) is 11.1. The summed E-state index contributed by atoms with van der Waals surface area (Å²) in [6.45, 7) is 0. The molecule has 2 bridgehead atoms. The maximum Gasteiger partial charge on any atom is 0.255 e. The third-order valence-corrected chi connectivity index (χ3v) is 7.66. The molecule has 7 rings (SSSR count). The second-order valence-electron chi connectivity index (χ2n) is 8.68. The van der Waals surface area contributed by atoms with Crippen molar-refractivity contribution in [2.45, 2.75) is 6.42 Å². The fraction of sp³-hybridized carbons (Fsp3) is 0.292. The number of carbonyl (C=O) groups excluding carboxylic acids is 3. The average Bonchev–Trinajstić information content (AvgIpc) is 3.53. The second kappa shape index (κ2) is 6.38. The van der Waals surface area contributed by atoms with Crippen molar-refractivity contribution in [2.24, 2.45) is 35.5 Å². The lowest BCUT2D eigenvalue weighted by atomic mass is 9.63. The Morgan fingerprint density at radius 1 is 0.933 bits per heavy atom. The zero-order valence-corrected chi connectivity index (χ0v) is 17.6. The largest absolute Gasteiger partial charge is 0.322 e. The first-order chi connectivity index (χ1) is 14.5. The number of hydrogen-bond donors (Lipinski definition) is 1. The van der Waals surface area contributed by atoms with Crippen LogP contribution in [-0.2, 0) is 9.59 Å². The molecule has 5 aliphatic rings. The molecule has 0 radical (unpaired) electrons. The summed E-state index contributed by atoms with van der Waals surface area (Å²) in [5, 5.41) is 2.85. The van der Waals surface area contributed by atoms with Crippen LogP contribution in [0.3, 0.4) is 0 Å². The summed E-state index contributed by atoms with van der Waals surface area (Å²) in [6, 6.07) is 14.1. The fourth-order valence-corrected chi connectivity index (χ4v) is 6.00. The molecule has 5 nitrogen and oxygen atoms in total. The van der Waals surface area contributed by atoms with Crippen LogP contribution >= 0.6 is 15.9 Å². The highest BCUT2D eigenvalue weighted by Crippen LogP contribution is 2.65. The number of nitrogens with one attached hydrogen (secondary N) is 1. The van der Waals surface area contributed by atoms with Crippen LogP contribution in [0.5, 0.6) is 0 Å². The maximum atomic E-state index is 13.3. The Labute approximate surface area is 182 Å². The third-order valence-electron chi connectivity index (χ3n) is 7.13. The Hall–Kier alpha value is -2.73. The zero-order valence-electron chi connectivity index (χ0n) is 16.0. The molecule has 0 spiro atoms. The van der Waals surface area contributed by atoms with E-state index in [1.54, 1.807) is 36.4 Å². The molecule has 2 saturated carbocycles. The molecule has 0 unspecified atom stereocenters. The van der Waals surface area contributed by atoms with E-state index in [1.165, 1.54) is 4.90 Å². The van der Waals surface area contributed by atoms with Crippen molar-refractivity contribution in [1.29, 1.82) is 0 Å². The highest BCUT2D eigenvalue weighted by molar-refractivity contribution is 9.10. The molecule has 1 heterocycles. The van der Waals surface area contributed by atoms with Crippen molar-refractivity contribution < 1.29 is 14.4 Å². The van der Waals surface area contributed by atoms with Crippen molar-refractivity contribution in [3.63, 3.8) is 0 Å². The van der Waals surface area contributed by atoms with Crippen molar-refractivity contribution in [2.75, 3.05) is 10.2 Å². The summed E-state index contributed by atoms with van der Waals surface area (Å²) in [5.41, 5.74) is 1.57. The minimum Gasteiger partial charge on any atom is -0.322 e. The van der Waals surface area contributed by atoms with Gasteiger partial charge in [0.25, 0.3) is 5.91 Å². The lowest BCUT2D eigenvalue weighted by Gasteiger charge is -2.37. The Balaban J connectivity index is 1.28. The van der Waals surface area contributed by atoms with E-state index in [4.69, 9.17) is 0 Å². The number of rotatable bonds is 3. The number of amides is 3. The lowest BCUT2D eigenvalue weighted by Crippen LogP contribution is -2.40. The Kier molecular flexibility index (Phi) is 3.84. The van der Waals surface area contributed by atoms with Gasteiger partial charge in [0.2, 0.25) is 11.8 Å². The molecular weight excluding hydrogens is 444 g/mol. The monoisotopic (exact) mass is 462 g/mol. The molecule has 2 aromatic rings. The predicted molar refractivity (Wildman–Crippen MR) is 116 cm³/mol. The van der Waals surface area contributed by atoms with Crippen LogP contribution in [0, 0.1) is 35.5 Å². The Morgan fingerprint density at radius 2 is 1.57 bits per heavy atom. The van der Waals surface area contributed by atoms with Gasteiger partial charge in [0.05, 0.1) is 17.5 Å². The topological polar surface area (TPSA) is 66.5 Å². The van der Waals surface area contributed by atoms with E-state index >= 15 is 0 Å². The minimum atomic E-state index is -0.279. The van der Waals surface area contributed by atoms with Crippen LogP contribution in [0.25, 0.3) is 0 Å². The molecule has 30 heavy (non-hydrogen) atoms. The van der Waals surface area contributed by atoms with Gasteiger partial charge in [-0.3, -0.25) is 14.4 Å². The van der Waals surface area contributed by atoms with Gasteiger partial charge >= 0.3 is 0 Å². The highest BCUT2D eigenvalue weighted by atomic mass is 79.9. The molecule has 3 fully saturated rings. The van der Waals surface area contributed by atoms with Gasteiger partial charge in [-0.15, -0.1) is 0 Å². The standard InChI is InChI=1S/C24H19BrN2O3/c25-13-4-6-14(7-5-13)26-22(28)12-2-1-3-15(10-12)27-23(29)20-16-8-9-17(19-11-18(16)19)21(20)24(27)30/h1-10,16-21H,11H2,(H,26,28)/t16-,17-,18-,19-,20+,21+/m0/s1.